The van der Waals surface area contributed by atoms with Gasteiger partial charge < -0.3 is 10.2 Å². The highest BCUT2D eigenvalue weighted by atomic mass is 16.2. The lowest BCUT2D eigenvalue weighted by molar-refractivity contribution is -0.133. The fourth-order valence-corrected chi connectivity index (χ4v) is 2.59. The second-order valence-electron chi connectivity index (χ2n) is 5.47. The van der Waals surface area contributed by atoms with E-state index in [4.69, 9.17) is 0 Å². The van der Waals surface area contributed by atoms with Gasteiger partial charge in [0, 0.05) is 19.6 Å². The molecule has 1 amide bonds. The van der Waals surface area contributed by atoms with E-state index in [1.807, 2.05) is 36.1 Å². The molecule has 1 aliphatic heterocycles. The molecule has 1 N–H and O–H groups in total. The van der Waals surface area contributed by atoms with Crippen LogP contribution in [0, 0.1) is 5.92 Å². The molecule has 20 heavy (non-hydrogen) atoms. The molecule has 0 aliphatic carbocycles. The molecule has 0 spiro atoms. The van der Waals surface area contributed by atoms with Gasteiger partial charge in [-0.1, -0.05) is 43.3 Å². The van der Waals surface area contributed by atoms with Crippen molar-refractivity contribution in [2.24, 2.45) is 5.92 Å². The summed E-state index contributed by atoms with van der Waals surface area (Å²) in [6.07, 6.45) is 4.11. The Labute approximate surface area is 121 Å². The second-order valence-corrected chi connectivity index (χ2v) is 5.47. The minimum atomic E-state index is -0.175. The largest absolute Gasteiger partial charge is 0.341 e. The number of hydrogen-bond donors (Lipinski definition) is 1. The van der Waals surface area contributed by atoms with Gasteiger partial charge in [0.05, 0.1) is 6.04 Å². The maximum absolute atomic E-state index is 12.6. The Morgan fingerprint density at radius 2 is 2.00 bits per heavy atom. The molecule has 1 aromatic rings. The number of benzene rings is 1. The van der Waals surface area contributed by atoms with E-state index in [0.717, 1.165) is 25.9 Å². The van der Waals surface area contributed by atoms with Crippen LogP contribution in [0.25, 0.3) is 0 Å². The van der Waals surface area contributed by atoms with E-state index in [0.29, 0.717) is 6.54 Å². The summed E-state index contributed by atoms with van der Waals surface area (Å²) in [5, 5.41) is 3.40. The lowest BCUT2D eigenvalue weighted by Gasteiger charge is -2.27. The van der Waals surface area contributed by atoms with Crippen LogP contribution in [0.2, 0.25) is 0 Å². The van der Waals surface area contributed by atoms with Gasteiger partial charge >= 0.3 is 0 Å². The van der Waals surface area contributed by atoms with Crippen LogP contribution in [0.4, 0.5) is 0 Å². The van der Waals surface area contributed by atoms with Crippen LogP contribution in [0.1, 0.15) is 25.3 Å². The van der Waals surface area contributed by atoms with Crippen molar-refractivity contribution in [2.75, 3.05) is 13.1 Å². The van der Waals surface area contributed by atoms with Crippen LogP contribution in [0.3, 0.4) is 0 Å². The number of likely N-dealkylation sites (tertiary alicyclic amines) is 1. The molecule has 3 nitrogen and oxygen atoms in total. The van der Waals surface area contributed by atoms with E-state index in [1.165, 1.54) is 5.56 Å². The number of nitrogens with one attached hydrogen (secondary N) is 1. The van der Waals surface area contributed by atoms with Crippen LogP contribution in [-0.4, -0.2) is 29.9 Å². The molecule has 2 atom stereocenters. The van der Waals surface area contributed by atoms with E-state index in [1.54, 1.807) is 0 Å². The molecule has 0 aromatic heterocycles. The molecule has 1 fully saturated rings. The van der Waals surface area contributed by atoms with Crippen molar-refractivity contribution in [1.29, 1.82) is 0 Å². The number of carbonyl (C=O) groups excluding carboxylic acids is 1. The van der Waals surface area contributed by atoms with Crippen molar-refractivity contribution in [3.8, 4) is 0 Å². The predicted molar refractivity (Wildman–Crippen MR) is 82.2 cm³/mol. The van der Waals surface area contributed by atoms with Crippen molar-refractivity contribution >= 4 is 5.91 Å². The molecule has 2 rings (SSSR count). The average Bonchev–Trinajstić information content (AvgIpc) is 3.02. The first kappa shape index (κ1) is 14.8. The molecular formula is C17H24N2O. The van der Waals surface area contributed by atoms with E-state index < -0.39 is 0 Å². The third-order valence-corrected chi connectivity index (χ3v) is 3.95. The Morgan fingerprint density at radius 1 is 1.35 bits per heavy atom. The van der Waals surface area contributed by atoms with E-state index in [-0.39, 0.29) is 17.9 Å². The van der Waals surface area contributed by atoms with Crippen LogP contribution in [-0.2, 0) is 11.3 Å². The first-order valence-corrected chi connectivity index (χ1v) is 7.41. The predicted octanol–water partition coefficient (Wildman–Crippen LogP) is 2.59. The molecule has 0 radical (unpaired) electrons. The number of rotatable bonds is 6. The highest BCUT2D eigenvalue weighted by Crippen LogP contribution is 2.14. The molecule has 3 heteroatoms. The summed E-state index contributed by atoms with van der Waals surface area (Å²) in [5.41, 5.74) is 1.20. The third kappa shape index (κ3) is 3.70. The molecular weight excluding hydrogens is 248 g/mol. The lowest BCUT2D eigenvalue weighted by Crippen LogP contribution is -2.48. The minimum absolute atomic E-state index is 0.131. The number of nitrogens with zero attached hydrogens (tertiary/aromatic N) is 1. The topological polar surface area (TPSA) is 32.3 Å². The van der Waals surface area contributed by atoms with Gasteiger partial charge in [-0.2, -0.15) is 0 Å². The van der Waals surface area contributed by atoms with Crippen molar-refractivity contribution in [3.05, 3.63) is 48.6 Å². The van der Waals surface area contributed by atoms with Gasteiger partial charge in [0.2, 0.25) is 5.91 Å². The highest BCUT2D eigenvalue weighted by molar-refractivity contribution is 5.82. The summed E-state index contributed by atoms with van der Waals surface area (Å²) in [5.74, 6) is 0.345. The van der Waals surface area contributed by atoms with Gasteiger partial charge in [0.1, 0.15) is 0 Å². The molecule has 0 bridgehead atoms. The van der Waals surface area contributed by atoms with Crippen molar-refractivity contribution < 1.29 is 4.79 Å². The lowest BCUT2D eigenvalue weighted by atomic mass is 10.0. The zero-order chi connectivity index (χ0) is 14.4. The van der Waals surface area contributed by atoms with E-state index in [2.05, 4.69) is 24.0 Å². The first-order valence-electron chi connectivity index (χ1n) is 7.41. The average molecular weight is 272 g/mol. The molecule has 1 heterocycles. The van der Waals surface area contributed by atoms with Gasteiger partial charge in [-0.05, 0) is 24.3 Å². The SMILES string of the molecule is C=C[C@H](C)[C@@H](NCc1ccccc1)C(=O)N1CCCC1. The first-order chi connectivity index (χ1) is 9.72. The Hall–Kier alpha value is -1.61. The maximum Gasteiger partial charge on any atom is 0.240 e. The zero-order valence-electron chi connectivity index (χ0n) is 12.2. The molecule has 1 aromatic carbocycles. The second kappa shape index (κ2) is 7.25. The molecule has 1 saturated heterocycles. The smallest absolute Gasteiger partial charge is 0.240 e. The fourth-order valence-electron chi connectivity index (χ4n) is 2.59. The monoisotopic (exact) mass is 272 g/mol. The fraction of sp³-hybridized carbons (Fsp3) is 0.471. The molecule has 108 valence electrons. The molecule has 0 unspecified atom stereocenters. The highest BCUT2D eigenvalue weighted by Gasteiger charge is 2.28. The zero-order valence-corrected chi connectivity index (χ0v) is 12.2. The summed E-state index contributed by atoms with van der Waals surface area (Å²) < 4.78 is 0. The summed E-state index contributed by atoms with van der Waals surface area (Å²) in [4.78, 5) is 14.6. The van der Waals surface area contributed by atoms with E-state index >= 15 is 0 Å². The summed E-state index contributed by atoms with van der Waals surface area (Å²) >= 11 is 0. The third-order valence-electron chi connectivity index (χ3n) is 3.95. The van der Waals surface area contributed by atoms with Gasteiger partial charge in [-0.25, -0.2) is 0 Å². The van der Waals surface area contributed by atoms with Gasteiger partial charge in [-0.3, -0.25) is 4.79 Å². The standard InChI is InChI=1S/C17H24N2O/c1-3-14(2)16(17(20)19-11-7-8-12-19)18-13-15-9-5-4-6-10-15/h3-6,9-10,14,16,18H,1,7-8,11-13H2,2H3/t14-,16+/m0/s1. The minimum Gasteiger partial charge on any atom is -0.341 e. The van der Waals surface area contributed by atoms with E-state index in [9.17, 15) is 4.79 Å². The number of hydrogen-bond acceptors (Lipinski definition) is 2. The summed E-state index contributed by atoms with van der Waals surface area (Å²) in [7, 11) is 0. The van der Waals surface area contributed by atoms with Crippen LogP contribution >= 0.6 is 0 Å². The van der Waals surface area contributed by atoms with Gasteiger partial charge in [0.15, 0.2) is 0 Å². The quantitative estimate of drug-likeness (QED) is 0.807. The van der Waals surface area contributed by atoms with Crippen molar-refractivity contribution in [2.45, 2.75) is 32.4 Å². The maximum atomic E-state index is 12.6. The van der Waals surface area contributed by atoms with Crippen molar-refractivity contribution in [3.63, 3.8) is 0 Å². The molecule has 0 saturated carbocycles. The normalized spacial score (nSPS) is 17.8. The summed E-state index contributed by atoms with van der Waals surface area (Å²) in [6.45, 7) is 8.38. The number of carbonyl (C=O) groups is 1. The number of amides is 1. The van der Waals surface area contributed by atoms with Gasteiger partial charge in [-0.15, -0.1) is 6.58 Å². The Kier molecular flexibility index (Phi) is 5.36. The van der Waals surface area contributed by atoms with Crippen molar-refractivity contribution in [1.82, 2.24) is 10.2 Å². The Balaban J connectivity index is 1.99. The van der Waals surface area contributed by atoms with Gasteiger partial charge in [0.25, 0.3) is 0 Å². The Bertz CT molecular complexity index is 438. The Morgan fingerprint density at radius 3 is 2.60 bits per heavy atom. The van der Waals surface area contributed by atoms with Crippen LogP contribution < -0.4 is 5.32 Å². The molecule has 1 aliphatic rings. The van der Waals surface area contributed by atoms with Crippen LogP contribution in [0.5, 0.6) is 0 Å². The van der Waals surface area contributed by atoms with Crippen LogP contribution in [0.15, 0.2) is 43.0 Å². The summed E-state index contributed by atoms with van der Waals surface area (Å²) in [6, 6.07) is 10.0.